The van der Waals surface area contributed by atoms with Gasteiger partial charge in [0.25, 0.3) is 5.91 Å². The number of aryl methyl sites for hydroxylation is 2. The van der Waals surface area contributed by atoms with Crippen molar-refractivity contribution in [2.24, 2.45) is 11.8 Å². The van der Waals surface area contributed by atoms with Crippen molar-refractivity contribution in [2.45, 2.75) is 57.3 Å². The molecule has 1 N–H and O–H groups in total. The van der Waals surface area contributed by atoms with E-state index in [9.17, 15) is 14.4 Å². The lowest BCUT2D eigenvalue weighted by Crippen LogP contribution is -2.41. The van der Waals surface area contributed by atoms with Gasteiger partial charge < -0.3 is 19.7 Å². The molecule has 7 heteroatoms. The fourth-order valence-electron chi connectivity index (χ4n) is 5.66. The second-order valence-electron chi connectivity index (χ2n) is 9.33. The highest BCUT2D eigenvalue weighted by Gasteiger charge is 2.67. The lowest BCUT2D eigenvalue weighted by atomic mass is 9.77. The Bertz CT molecular complexity index is 946. The van der Waals surface area contributed by atoms with Crippen LogP contribution in [-0.2, 0) is 23.9 Å². The van der Waals surface area contributed by atoms with Crippen LogP contribution in [-0.4, -0.2) is 48.7 Å². The molecule has 31 heavy (non-hydrogen) atoms. The van der Waals surface area contributed by atoms with Gasteiger partial charge in [-0.25, -0.2) is 0 Å². The summed E-state index contributed by atoms with van der Waals surface area (Å²) < 4.78 is 11.5. The summed E-state index contributed by atoms with van der Waals surface area (Å²) >= 11 is 0. The van der Waals surface area contributed by atoms with Crippen LogP contribution in [0.3, 0.4) is 0 Å². The van der Waals surface area contributed by atoms with Crippen LogP contribution >= 0.6 is 0 Å². The molecule has 7 nitrogen and oxygen atoms in total. The molecule has 3 heterocycles. The highest BCUT2D eigenvalue weighted by atomic mass is 16.6. The number of anilines is 1. The van der Waals surface area contributed by atoms with E-state index >= 15 is 0 Å². The predicted octanol–water partition coefficient (Wildman–Crippen LogP) is 2.19. The van der Waals surface area contributed by atoms with Gasteiger partial charge in [-0.2, -0.15) is 0 Å². The third-order valence-corrected chi connectivity index (χ3v) is 6.96. The maximum absolute atomic E-state index is 13.4. The Morgan fingerprint density at radius 1 is 1.19 bits per heavy atom. The minimum atomic E-state index is -0.810. The number of fused-ring (bicyclic) bond motifs is 1. The van der Waals surface area contributed by atoms with E-state index < -0.39 is 29.5 Å². The van der Waals surface area contributed by atoms with E-state index in [0.717, 1.165) is 42.5 Å². The lowest BCUT2D eigenvalue weighted by Gasteiger charge is -2.23. The van der Waals surface area contributed by atoms with Crippen LogP contribution in [0.4, 0.5) is 5.69 Å². The Kier molecular flexibility index (Phi) is 4.88. The van der Waals surface area contributed by atoms with Crippen LogP contribution in [0.25, 0.3) is 0 Å². The van der Waals surface area contributed by atoms with Gasteiger partial charge in [-0.15, -0.1) is 0 Å². The molecule has 3 aliphatic heterocycles. The van der Waals surface area contributed by atoms with Gasteiger partial charge in [-0.1, -0.05) is 31.1 Å². The van der Waals surface area contributed by atoms with Crippen LogP contribution in [0.1, 0.15) is 36.8 Å². The summed E-state index contributed by atoms with van der Waals surface area (Å²) in [4.78, 5) is 40.2. The summed E-state index contributed by atoms with van der Waals surface area (Å²) in [7, 11) is 0. The van der Waals surface area contributed by atoms with E-state index in [1.165, 1.54) is 0 Å². The minimum absolute atomic E-state index is 0.130. The summed E-state index contributed by atoms with van der Waals surface area (Å²) in [6.45, 7) is 4.04. The SMILES string of the molecule is Cc1cc(C)cc(N2C[C@]34C=C[C@@H](O3)[C@H](C(=O)OCC(=O)NC3CCCC3)[C@@H]4C2=O)c1. The number of hydrogen-bond donors (Lipinski definition) is 1. The largest absolute Gasteiger partial charge is 0.455 e. The first-order valence-electron chi connectivity index (χ1n) is 11.1. The molecule has 164 valence electrons. The highest BCUT2D eigenvalue weighted by molar-refractivity contribution is 6.02. The summed E-state index contributed by atoms with van der Waals surface area (Å²) in [5, 5.41) is 2.92. The molecule has 0 unspecified atom stereocenters. The smallest absolute Gasteiger partial charge is 0.313 e. The molecule has 1 saturated carbocycles. The van der Waals surface area contributed by atoms with Crippen molar-refractivity contribution in [1.29, 1.82) is 0 Å². The maximum atomic E-state index is 13.4. The molecule has 0 radical (unpaired) electrons. The number of hydrogen-bond acceptors (Lipinski definition) is 5. The summed E-state index contributed by atoms with van der Waals surface area (Å²) in [5.74, 6) is -2.32. The van der Waals surface area contributed by atoms with Gasteiger partial charge in [0.15, 0.2) is 6.61 Å². The summed E-state index contributed by atoms with van der Waals surface area (Å²) in [6.07, 6.45) is 7.44. The van der Waals surface area contributed by atoms with E-state index in [1.54, 1.807) is 4.90 Å². The number of amides is 2. The van der Waals surface area contributed by atoms with Crippen LogP contribution in [0.15, 0.2) is 30.4 Å². The minimum Gasteiger partial charge on any atom is -0.455 e. The second-order valence-corrected chi connectivity index (χ2v) is 9.33. The number of rotatable bonds is 5. The van der Waals surface area contributed by atoms with Crippen LogP contribution in [0.5, 0.6) is 0 Å². The standard InChI is InChI=1S/C24H28N2O5/c1-14-9-15(2)11-17(10-14)26-13-24-8-7-18(31-24)20(21(24)22(26)28)23(29)30-12-19(27)25-16-5-3-4-6-16/h7-11,16,18,20-21H,3-6,12-13H2,1-2H3,(H,25,27)/t18-,20+,21-,24+/m1/s1. The normalized spacial score (nSPS) is 31.4. The monoisotopic (exact) mass is 424 g/mol. The van der Waals surface area contributed by atoms with Crippen molar-refractivity contribution in [1.82, 2.24) is 5.32 Å². The van der Waals surface area contributed by atoms with Crippen molar-refractivity contribution < 1.29 is 23.9 Å². The molecule has 1 aromatic carbocycles. The number of benzene rings is 1. The molecule has 2 saturated heterocycles. The van der Waals surface area contributed by atoms with Crippen LogP contribution in [0, 0.1) is 25.7 Å². The van der Waals surface area contributed by atoms with Gasteiger partial charge in [0.05, 0.1) is 18.6 Å². The Morgan fingerprint density at radius 2 is 1.90 bits per heavy atom. The zero-order chi connectivity index (χ0) is 21.8. The lowest BCUT2D eigenvalue weighted by molar-refractivity contribution is -0.155. The van der Waals surface area contributed by atoms with Gasteiger partial charge in [0, 0.05) is 11.7 Å². The molecule has 1 spiro atoms. The molecule has 1 aromatic rings. The Balaban J connectivity index is 1.30. The van der Waals surface area contributed by atoms with E-state index in [4.69, 9.17) is 9.47 Å². The Morgan fingerprint density at radius 3 is 2.61 bits per heavy atom. The van der Waals surface area contributed by atoms with Crippen LogP contribution in [0.2, 0.25) is 0 Å². The van der Waals surface area contributed by atoms with Gasteiger partial charge in [0.1, 0.15) is 11.5 Å². The first kappa shape index (κ1) is 20.2. The zero-order valence-corrected chi connectivity index (χ0v) is 17.9. The molecular weight excluding hydrogens is 396 g/mol. The van der Waals surface area contributed by atoms with Gasteiger partial charge >= 0.3 is 5.97 Å². The maximum Gasteiger partial charge on any atom is 0.313 e. The molecule has 3 fully saturated rings. The topological polar surface area (TPSA) is 84.9 Å². The molecule has 2 amide bonds. The molecule has 4 aliphatic rings. The molecule has 0 aromatic heterocycles. The quantitative estimate of drug-likeness (QED) is 0.579. The van der Waals surface area contributed by atoms with Gasteiger partial charge in [-0.05, 0) is 49.9 Å². The summed E-state index contributed by atoms with van der Waals surface area (Å²) in [5.41, 5.74) is 2.15. The molecule has 1 aliphatic carbocycles. The Hall–Kier alpha value is -2.67. The summed E-state index contributed by atoms with van der Waals surface area (Å²) in [6, 6.07) is 6.17. The van der Waals surface area contributed by atoms with Crippen molar-refractivity contribution >= 4 is 23.5 Å². The molecular formula is C24H28N2O5. The van der Waals surface area contributed by atoms with E-state index in [1.807, 2.05) is 38.1 Å². The van der Waals surface area contributed by atoms with Crippen molar-refractivity contribution in [3.05, 3.63) is 41.5 Å². The van der Waals surface area contributed by atoms with Crippen LogP contribution < -0.4 is 10.2 Å². The molecule has 2 bridgehead atoms. The van der Waals surface area contributed by atoms with Crippen molar-refractivity contribution in [3.8, 4) is 0 Å². The number of carbonyl (C=O) groups excluding carboxylic acids is 3. The third-order valence-electron chi connectivity index (χ3n) is 6.96. The van der Waals surface area contributed by atoms with E-state index in [0.29, 0.717) is 6.54 Å². The first-order valence-corrected chi connectivity index (χ1v) is 11.1. The Labute approximate surface area is 181 Å². The number of nitrogens with one attached hydrogen (secondary N) is 1. The van der Waals surface area contributed by atoms with Gasteiger partial charge in [0.2, 0.25) is 5.91 Å². The van der Waals surface area contributed by atoms with Crippen molar-refractivity contribution in [3.63, 3.8) is 0 Å². The predicted molar refractivity (Wildman–Crippen MR) is 113 cm³/mol. The van der Waals surface area contributed by atoms with E-state index in [2.05, 4.69) is 11.4 Å². The number of esters is 1. The average molecular weight is 424 g/mol. The fraction of sp³-hybridized carbons (Fsp3) is 0.542. The second kappa shape index (κ2) is 7.48. The number of carbonyl (C=O) groups is 3. The average Bonchev–Trinajstić information content (AvgIpc) is 3.48. The highest BCUT2D eigenvalue weighted by Crippen LogP contribution is 2.53. The zero-order valence-electron chi connectivity index (χ0n) is 17.9. The fourth-order valence-corrected chi connectivity index (χ4v) is 5.66. The number of ether oxygens (including phenoxy) is 2. The molecule has 4 atom stereocenters. The third kappa shape index (κ3) is 3.45. The van der Waals surface area contributed by atoms with Crippen molar-refractivity contribution in [2.75, 3.05) is 18.1 Å². The first-order chi connectivity index (χ1) is 14.9. The van der Waals surface area contributed by atoms with E-state index in [-0.39, 0.29) is 24.5 Å². The molecule has 5 rings (SSSR count). The number of nitrogens with zero attached hydrogens (tertiary/aromatic N) is 1. The van der Waals surface area contributed by atoms with Gasteiger partial charge in [-0.3, -0.25) is 14.4 Å².